The zero-order valence-electron chi connectivity index (χ0n) is 15.0. The lowest BCUT2D eigenvalue weighted by atomic mass is 10.1. The molecular weight excluding hydrogens is 380 g/mol. The Balaban J connectivity index is 2.10. The van der Waals surface area contributed by atoms with Crippen LogP contribution in [0.15, 0.2) is 45.9 Å². The fourth-order valence-corrected chi connectivity index (χ4v) is 2.61. The maximum Gasteiger partial charge on any atom is 0.339 e. The number of aliphatic imine (C=N–C) groups is 1. The number of nitrogens with zero attached hydrogens (tertiary/aromatic N) is 2. The van der Waals surface area contributed by atoms with Gasteiger partial charge in [-0.2, -0.15) is 0 Å². The first-order chi connectivity index (χ1) is 11.9. The molecule has 0 atom stereocenters. The van der Waals surface area contributed by atoms with Crippen molar-refractivity contribution in [3.8, 4) is 0 Å². The van der Waals surface area contributed by atoms with Crippen LogP contribution in [0.25, 0.3) is 0 Å². The Morgan fingerprint density at radius 2 is 1.92 bits per heavy atom. The minimum Gasteiger partial charge on any atom is -0.457 e. The van der Waals surface area contributed by atoms with Gasteiger partial charge in [0.15, 0.2) is 0 Å². The van der Waals surface area contributed by atoms with Crippen LogP contribution in [0.5, 0.6) is 0 Å². The summed E-state index contributed by atoms with van der Waals surface area (Å²) in [4.78, 5) is 18.8. The van der Waals surface area contributed by atoms with Crippen molar-refractivity contribution in [3.05, 3.63) is 63.1 Å². The van der Waals surface area contributed by atoms with Crippen molar-refractivity contribution < 1.29 is 9.53 Å². The highest BCUT2D eigenvalue weighted by molar-refractivity contribution is 9.10. The molecule has 2 rings (SSSR count). The monoisotopic (exact) mass is 402 g/mol. The van der Waals surface area contributed by atoms with E-state index >= 15 is 0 Å². The highest BCUT2D eigenvalue weighted by Crippen LogP contribution is 2.28. The smallest absolute Gasteiger partial charge is 0.339 e. The van der Waals surface area contributed by atoms with Gasteiger partial charge in [0.05, 0.1) is 17.6 Å². The predicted molar refractivity (Wildman–Crippen MR) is 106 cm³/mol. The summed E-state index contributed by atoms with van der Waals surface area (Å²) in [5, 5.41) is 0. The number of hydrogen-bond acceptors (Lipinski definition) is 3. The van der Waals surface area contributed by atoms with Crippen LogP contribution < -0.4 is 0 Å². The quantitative estimate of drug-likeness (QED) is 0.386. The van der Waals surface area contributed by atoms with E-state index in [0.29, 0.717) is 10.0 Å². The second kappa shape index (κ2) is 8.81. The van der Waals surface area contributed by atoms with Crippen molar-refractivity contribution in [2.24, 2.45) is 4.99 Å². The van der Waals surface area contributed by atoms with Gasteiger partial charge in [0.1, 0.15) is 6.61 Å². The van der Waals surface area contributed by atoms with Crippen LogP contribution in [-0.4, -0.2) is 30.8 Å². The largest absolute Gasteiger partial charge is 0.457 e. The van der Waals surface area contributed by atoms with Crippen molar-refractivity contribution in [3.63, 3.8) is 0 Å². The molecule has 132 valence electrons. The Bertz CT molecular complexity index is 770. The van der Waals surface area contributed by atoms with Crippen molar-refractivity contribution >= 4 is 33.9 Å². The summed E-state index contributed by atoms with van der Waals surface area (Å²) in [7, 11) is 1.96. The summed E-state index contributed by atoms with van der Waals surface area (Å²) in [5.74, 6) is -0.350. The molecule has 0 bridgehead atoms. The van der Waals surface area contributed by atoms with E-state index in [1.165, 1.54) is 5.56 Å². The van der Waals surface area contributed by atoms with Gasteiger partial charge in [-0.15, -0.1) is 0 Å². The molecule has 5 heteroatoms. The van der Waals surface area contributed by atoms with Crippen molar-refractivity contribution in [1.29, 1.82) is 0 Å². The third-order valence-electron chi connectivity index (χ3n) is 3.89. The molecule has 0 amide bonds. The normalized spacial score (nSPS) is 10.9. The first-order valence-corrected chi connectivity index (χ1v) is 8.97. The van der Waals surface area contributed by atoms with Crippen molar-refractivity contribution in [2.75, 3.05) is 13.6 Å². The maximum absolute atomic E-state index is 12.4. The Morgan fingerprint density at radius 1 is 1.24 bits per heavy atom. The predicted octanol–water partition coefficient (Wildman–Crippen LogP) is 5.03. The van der Waals surface area contributed by atoms with E-state index < -0.39 is 0 Å². The van der Waals surface area contributed by atoms with Crippen molar-refractivity contribution in [1.82, 2.24) is 4.90 Å². The summed E-state index contributed by atoms with van der Waals surface area (Å²) in [6.45, 7) is 7.15. The van der Waals surface area contributed by atoms with Gasteiger partial charge in [-0.25, -0.2) is 9.79 Å². The molecular formula is C20H23BrN2O2. The number of carbonyl (C=O) groups excluding carboxylic acids is 1. The standard InChI is InChI=1S/C20H23BrN2O2/c1-5-23(4)13-22-19-11-18(21)17(10-15(19)3)20(24)25-12-16-8-6-14(2)7-9-16/h6-11,13H,5,12H2,1-4H3/b22-13+. The van der Waals surface area contributed by atoms with E-state index in [9.17, 15) is 4.79 Å². The molecule has 0 unspecified atom stereocenters. The Labute approximate surface area is 157 Å². The van der Waals surface area contributed by atoms with Gasteiger partial charge in [0.2, 0.25) is 0 Å². The average Bonchev–Trinajstić information content (AvgIpc) is 2.61. The van der Waals surface area contributed by atoms with Crippen LogP contribution in [0, 0.1) is 13.8 Å². The number of aryl methyl sites for hydroxylation is 2. The number of benzene rings is 2. The van der Waals surface area contributed by atoms with Crippen molar-refractivity contribution in [2.45, 2.75) is 27.4 Å². The van der Waals surface area contributed by atoms with Gasteiger partial charge in [0.25, 0.3) is 0 Å². The average molecular weight is 403 g/mol. The molecule has 0 aliphatic rings. The molecule has 4 nitrogen and oxygen atoms in total. The van der Waals surface area contributed by atoms with Gasteiger partial charge in [-0.3, -0.25) is 0 Å². The number of halogens is 1. The van der Waals surface area contributed by atoms with E-state index in [1.807, 2.05) is 56.1 Å². The molecule has 0 saturated carbocycles. The summed E-state index contributed by atoms with van der Waals surface area (Å²) in [5.41, 5.74) is 4.40. The molecule has 0 heterocycles. The molecule has 25 heavy (non-hydrogen) atoms. The molecule has 0 saturated heterocycles. The van der Waals surface area contributed by atoms with E-state index in [4.69, 9.17) is 4.74 Å². The zero-order valence-corrected chi connectivity index (χ0v) is 16.6. The number of rotatable bonds is 6. The summed E-state index contributed by atoms with van der Waals surface area (Å²) in [6.07, 6.45) is 1.78. The second-order valence-corrected chi connectivity index (χ2v) is 6.85. The third-order valence-corrected chi connectivity index (χ3v) is 4.54. The molecule has 0 aliphatic heterocycles. The summed E-state index contributed by atoms with van der Waals surface area (Å²) in [6, 6.07) is 11.6. The summed E-state index contributed by atoms with van der Waals surface area (Å²) >= 11 is 3.45. The highest BCUT2D eigenvalue weighted by atomic mass is 79.9. The number of hydrogen-bond donors (Lipinski definition) is 0. The van der Waals surface area contributed by atoms with Gasteiger partial charge in [-0.05, 0) is 60.0 Å². The number of ether oxygens (including phenoxy) is 1. The fourth-order valence-electron chi connectivity index (χ4n) is 2.12. The van der Waals surface area contributed by atoms with Crippen LogP contribution in [0.3, 0.4) is 0 Å². The van der Waals surface area contributed by atoms with Gasteiger partial charge < -0.3 is 9.64 Å². The Hall–Kier alpha value is -2.14. The second-order valence-electron chi connectivity index (χ2n) is 6.00. The lowest BCUT2D eigenvalue weighted by molar-refractivity contribution is 0.0471. The molecule has 0 aliphatic carbocycles. The lowest BCUT2D eigenvalue weighted by Gasteiger charge is -2.11. The number of carbonyl (C=O) groups is 1. The lowest BCUT2D eigenvalue weighted by Crippen LogP contribution is -2.14. The van der Waals surface area contributed by atoms with Crippen LogP contribution in [0.4, 0.5) is 5.69 Å². The SMILES string of the molecule is CCN(C)/C=N/c1cc(Br)c(C(=O)OCc2ccc(C)cc2)cc1C. The Kier molecular flexibility index (Phi) is 6.76. The molecule has 0 aromatic heterocycles. The Morgan fingerprint density at radius 3 is 2.56 bits per heavy atom. The zero-order chi connectivity index (χ0) is 18.4. The molecule has 2 aromatic rings. The molecule has 0 fully saturated rings. The van der Waals surface area contributed by atoms with Crippen LogP contribution >= 0.6 is 15.9 Å². The van der Waals surface area contributed by atoms with Crippen LogP contribution in [0.1, 0.15) is 34.0 Å². The molecule has 2 aromatic carbocycles. The maximum atomic E-state index is 12.4. The van der Waals surface area contributed by atoms with Crippen LogP contribution in [-0.2, 0) is 11.3 Å². The molecule has 0 radical (unpaired) electrons. The van der Waals surface area contributed by atoms with E-state index in [-0.39, 0.29) is 12.6 Å². The minimum atomic E-state index is -0.350. The van der Waals surface area contributed by atoms with E-state index in [0.717, 1.165) is 23.4 Å². The molecule has 0 N–H and O–H groups in total. The topological polar surface area (TPSA) is 41.9 Å². The van der Waals surface area contributed by atoms with E-state index in [2.05, 4.69) is 27.8 Å². The first-order valence-electron chi connectivity index (χ1n) is 8.18. The third kappa shape index (κ3) is 5.43. The fraction of sp³-hybridized carbons (Fsp3) is 0.300. The summed E-state index contributed by atoms with van der Waals surface area (Å²) < 4.78 is 6.11. The van der Waals surface area contributed by atoms with Gasteiger partial charge >= 0.3 is 5.97 Å². The van der Waals surface area contributed by atoms with Gasteiger partial charge in [0, 0.05) is 18.1 Å². The highest BCUT2D eigenvalue weighted by Gasteiger charge is 2.14. The molecule has 0 spiro atoms. The number of esters is 1. The van der Waals surface area contributed by atoms with Crippen LogP contribution in [0.2, 0.25) is 0 Å². The minimum absolute atomic E-state index is 0.256. The first kappa shape index (κ1) is 19.2. The van der Waals surface area contributed by atoms with Gasteiger partial charge in [-0.1, -0.05) is 29.8 Å². The van der Waals surface area contributed by atoms with E-state index in [1.54, 1.807) is 12.4 Å².